The summed E-state index contributed by atoms with van der Waals surface area (Å²) in [6.45, 7) is 8.14. The Bertz CT molecular complexity index is 120. The highest BCUT2D eigenvalue weighted by atomic mass is 13.9. The minimum atomic E-state index is 1.15. The molecule has 0 atom stereocenters. The minimum Gasteiger partial charge on any atom is -0.103 e. The molecule has 0 saturated heterocycles. The van der Waals surface area contributed by atoms with E-state index in [1.165, 1.54) is 31.3 Å². The van der Waals surface area contributed by atoms with Crippen LogP contribution < -0.4 is 0 Å². The standard InChI is InChI=1S/C11H20/c1-4-6-8-10-11(3)9-7-5-2/h4,9H,1,5-8,10H2,2-3H3. The molecule has 64 valence electrons. The van der Waals surface area contributed by atoms with Crippen LogP contribution in [0.2, 0.25) is 0 Å². The van der Waals surface area contributed by atoms with Crippen LogP contribution in [0, 0.1) is 0 Å². The second-order valence-corrected chi connectivity index (χ2v) is 3.02. The van der Waals surface area contributed by atoms with Gasteiger partial charge in [0, 0.05) is 0 Å². The van der Waals surface area contributed by atoms with Gasteiger partial charge in [-0.1, -0.05) is 31.1 Å². The molecule has 0 rings (SSSR count). The van der Waals surface area contributed by atoms with Crippen molar-refractivity contribution in [2.24, 2.45) is 0 Å². The monoisotopic (exact) mass is 152 g/mol. The molecule has 0 nitrogen and oxygen atoms in total. The molecule has 0 spiro atoms. The number of allylic oxidation sites excluding steroid dienone is 3. The molecule has 0 N–H and O–H groups in total. The summed E-state index contributed by atoms with van der Waals surface area (Å²) in [5, 5.41) is 0. The Kier molecular flexibility index (Phi) is 7.23. The lowest BCUT2D eigenvalue weighted by molar-refractivity contribution is 0.821. The molecule has 0 aliphatic rings. The molecule has 0 aromatic carbocycles. The van der Waals surface area contributed by atoms with E-state index < -0.39 is 0 Å². The smallest absolute Gasteiger partial charge is 0.0320 e. The first-order valence-corrected chi connectivity index (χ1v) is 4.57. The number of hydrogen-bond donors (Lipinski definition) is 0. The van der Waals surface area contributed by atoms with Crippen molar-refractivity contribution < 1.29 is 0 Å². The zero-order valence-corrected chi connectivity index (χ0v) is 7.90. The SMILES string of the molecule is C=CCCCC(C)=CCCC. The highest BCUT2D eigenvalue weighted by Gasteiger charge is 1.87. The third-order valence-corrected chi connectivity index (χ3v) is 1.76. The van der Waals surface area contributed by atoms with Crippen LogP contribution in [0.15, 0.2) is 24.3 Å². The molecule has 0 amide bonds. The minimum absolute atomic E-state index is 1.15. The predicted molar refractivity (Wildman–Crippen MR) is 52.7 cm³/mol. The molecule has 0 heterocycles. The zero-order chi connectivity index (χ0) is 8.53. The van der Waals surface area contributed by atoms with E-state index in [1.54, 1.807) is 0 Å². The first-order chi connectivity index (χ1) is 5.31. The molecule has 0 unspecified atom stereocenters. The van der Waals surface area contributed by atoms with Gasteiger partial charge in [0.05, 0.1) is 0 Å². The topological polar surface area (TPSA) is 0 Å². The van der Waals surface area contributed by atoms with Crippen molar-refractivity contribution in [3.8, 4) is 0 Å². The molecule has 0 aliphatic heterocycles. The maximum absolute atomic E-state index is 3.70. The average Bonchev–Trinajstić information content (AvgIpc) is 2.01. The van der Waals surface area contributed by atoms with Gasteiger partial charge >= 0.3 is 0 Å². The normalized spacial score (nSPS) is 11.6. The van der Waals surface area contributed by atoms with Crippen LogP contribution in [0.5, 0.6) is 0 Å². The van der Waals surface area contributed by atoms with Gasteiger partial charge in [0.25, 0.3) is 0 Å². The molecule has 11 heavy (non-hydrogen) atoms. The zero-order valence-electron chi connectivity index (χ0n) is 7.90. The predicted octanol–water partition coefficient (Wildman–Crippen LogP) is 4.09. The Morgan fingerprint density at radius 3 is 2.64 bits per heavy atom. The van der Waals surface area contributed by atoms with Crippen LogP contribution in [0.1, 0.15) is 46.0 Å². The van der Waals surface area contributed by atoms with Crippen LogP contribution in [0.3, 0.4) is 0 Å². The van der Waals surface area contributed by atoms with Gasteiger partial charge in [0.1, 0.15) is 0 Å². The van der Waals surface area contributed by atoms with E-state index >= 15 is 0 Å². The van der Waals surface area contributed by atoms with E-state index in [0.29, 0.717) is 0 Å². The second-order valence-electron chi connectivity index (χ2n) is 3.02. The summed E-state index contributed by atoms with van der Waals surface area (Å²) in [5.41, 5.74) is 1.54. The van der Waals surface area contributed by atoms with E-state index in [0.717, 1.165) is 6.42 Å². The summed E-state index contributed by atoms with van der Waals surface area (Å²) in [7, 11) is 0. The average molecular weight is 152 g/mol. The maximum atomic E-state index is 3.70. The summed E-state index contributed by atoms with van der Waals surface area (Å²) in [5.74, 6) is 0. The van der Waals surface area contributed by atoms with E-state index in [-0.39, 0.29) is 0 Å². The molecule has 0 radical (unpaired) electrons. The highest BCUT2D eigenvalue weighted by molar-refractivity contribution is 4.97. The first-order valence-electron chi connectivity index (χ1n) is 4.57. The lowest BCUT2D eigenvalue weighted by atomic mass is 10.1. The molecular weight excluding hydrogens is 132 g/mol. The van der Waals surface area contributed by atoms with Gasteiger partial charge < -0.3 is 0 Å². The Morgan fingerprint density at radius 1 is 1.36 bits per heavy atom. The Labute approximate surface area is 71.0 Å². The van der Waals surface area contributed by atoms with Gasteiger partial charge in [-0.05, 0) is 32.6 Å². The van der Waals surface area contributed by atoms with Crippen LogP contribution in [-0.4, -0.2) is 0 Å². The molecule has 0 aliphatic carbocycles. The van der Waals surface area contributed by atoms with Crippen molar-refractivity contribution in [1.29, 1.82) is 0 Å². The van der Waals surface area contributed by atoms with Crippen molar-refractivity contribution in [3.05, 3.63) is 24.3 Å². The first kappa shape index (κ1) is 10.5. The molecule has 0 heteroatoms. The second kappa shape index (κ2) is 7.59. The third kappa shape index (κ3) is 7.38. The van der Waals surface area contributed by atoms with Crippen LogP contribution >= 0.6 is 0 Å². The van der Waals surface area contributed by atoms with Crippen molar-refractivity contribution in [3.63, 3.8) is 0 Å². The quantitative estimate of drug-likeness (QED) is 0.397. The van der Waals surface area contributed by atoms with Crippen molar-refractivity contribution in [1.82, 2.24) is 0 Å². The van der Waals surface area contributed by atoms with Gasteiger partial charge in [0.15, 0.2) is 0 Å². The van der Waals surface area contributed by atoms with Gasteiger partial charge in [-0.2, -0.15) is 0 Å². The van der Waals surface area contributed by atoms with E-state index in [2.05, 4.69) is 26.5 Å². The Balaban J connectivity index is 3.34. The van der Waals surface area contributed by atoms with E-state index in [4.69, 9.17) is 0 Å². The third-order valence-electron chi connectivity index (χ3n) is 1.76. The fraction of sp³-hybridized carbons (Fsp3) is 0.636. The number of hydrogen-bond acceptors (Lipinski definition) is 0. The fourth-order valence-electron chi connectivity index (χ4n) is 1.02. The number of rotatable bonds is 6. The molecule has 0 aromatic rings. The van der Waals surface area contributed by atoms with Gasteiger partial charge in [-0.15, -0.1) is 6.58 Å². The van der Waals surface area contributed by atoms with Gasteiger partial charge in [-0.3, -0.25) is 0 Å². The summed E-state index contributed by atoms with van der Waals surface area (Å²) < 4.78 is 0. The summed E-state index contributed by atoms with van der Waals surface area (Å²) in [6, 6.07) is 0. The van der Waals surface area contributed by atoms with E-state index in [9.17, 15) is 0 Å². The molecular formula is C11H20. The molecule has 0 aromatic heterocycles. The number of unbranched alkanes of at least 4 members (excludes halogenated alkanes) is 2. The maximum Gasteiger partial charge on any atom is -0.0320 e. The Hall–Kier alpha value is -0.520. The summed E-state index contributed by atoms with van der Waals surface area (Å²) in [4.78, 5) is 0. The van der Waals surface area contributed by atoms with Gasteiger partial charge in [0.2, 0.25) is 0 Å². The largest absolute Gasteiger partial charge is 0.103 e. The van der Waals surface area contributed by atoms with Crippen molar-refractivity contribution >= 4 is 0 Å². The highest BCUT2D eigenvalue weighted by Crippen LogP contribution is 2.08. The summed E-state index contributed by atoms with van der Waals surface area (Å²) >= 11 is 0. The fourth-order valence-corrected chi connectivity index (χ4v) is 1.02. The lowest BCUT2D eigenvalue weighted by Gasteiger charge is -1.97. The van der Waals surface area contributed by atoms with E-state index in [1.807, 2.05) is 6.08 Å². The lowest BCUT2D eigenvalue weighted by Crippen LogP contribution is -1.77. The van der Waals surface area contributed by atoms with Crippen LogP contribution in [-0.2, 0) is 0 Å². The summed E-state index contributed by atoms with van der Waals surface area (Å²) in [6.07, 6.45) is 10.5. The van der Waals surface area contributed by atoms with Crippen molar-refractivity contribution in [2.75, 3.05) is 0 Å². The van der Waals surface area contributed by atoms with Crippen LogP contribution in [0.4, 0.5) is 0 Å². The molecule has 0 saturated carbocycles. The molecule has 0 bridgehead atoms. The van der Waals surface area contributed by atoms with Gasteiger partial charge in [-0.25, -0.2) is 0 Å². The van der Waals surface area contributed by atoms with Crippen molar-refractivity contribution in [2.45, 2.75) is 46.0 Å². The molecule has 0 fully saturated rings. The Morgan fingerprint density at radius 2 is 2.09 bits per heavy atom. The van der Waals surface area contributed by atoms with Crippen LogP contribution in [0.25, 0.3) is 0 Å².